The number of aliphatic hydroxyl groups excluding tert-OH is 1. The van der Waals surface area contributed by atoms with E-state index in [0.29, 0.717) is 0 Å². The number of hydrogen-bond acceptors (Lipinski definition) is 4. The maximum atomic E-state index is 7.56. The zero-order chi connectivity index (χ0) is 12.0. The van der Waals surface area contributed by atoms with Crippen molar-refractivity contribution in [2.75, 3.05) is 20.8 Å². The van der Waals surface area contributed by atoms with Gasteiger partial charge in [0.1, 0.15) is 0 Å². The molecule has 0 fully saturated rings. The smallest absolute Gasteiger partial charge is 0.253 e. The molecule has 7 heteroatoms. The third kappa shape index (κ3) is 109. The molecule has 5 nitrogen and oxygen atoms in total. The van der Waals surface area contributed by atoms with Crippen molar-refractivity contribution in [3.8, 4) is 0 Å². The maximum Gasteiger partial charge on any atom is 0.253 e. The SMILES string of the molecule is CCCOC.COC(N)=S.NC(O)=S. The van der Waals surface area contributed by atoms with E-state index in [1.165, 1.54) is 7.11 Å². The minimum Gasteiger partial charge on any atom is -0.487 e. The van der Waals surface area contributed by atoms with Crippen LogP contribution in [-0.4, -0.2) is 36.3 Å². The van der Waals surface area contributed by atoms with Gasteiger partial charge >= 0.3 is 0 Å². The molecule has 0 amide bonds. The van der Waals surface area contributed by atoms with Crippen molar-refractivity contribution in [1.29, 1.82) is 0 Å². The molecular formula is C7H18N2O3S2. The minimum atomic E-state index is -0.500. The molecule has 0 atom stereocenters. The van der Waals surface area contributed by atoms with Crippen LogP contribution >= 0.6 is 24.4 Å². The number of thiocarbonyl (C=S) groups is 2. The van der Waals surface area contributed by atoms with E-state index in [4.69, 9.17) is 15.6 Å². The number of hydrogen-bond donors (Lipinski definition) is 3. The first kappa shape index (κ1) is 19.0. The van der Waals surface area contributed by atoms with E-state index in [2.05, 4.69) is 41.8 Å². The van der Waals surface area contributed by atoms with E-state index in [1.807, 2.05) is 0 Å². The Kier molecular flexibility index (Phi) is 24.7. The fourth-order valence-electron chi connectivity index (χ4n) is 0.204. The lowest BCUT2D eigenvalue weighted by Gasteiger charge is -1.85. The average Bonchev–Trinajstić information content (AvgIpc) is 2.06. The van der Waals surface area contributed by atoms with E-state index >= 15 is 0 Å². The van der Waals surface area contributed by atoms with Crippen molar-refractivity contribution in [2.45, 2.75) is 13.3 Å². The molecule has 14 heavy (non-hydrogen) atoms. The molecular weight excluding hydrogens is 224 g/mol. The minimum absolute atomic E-state index is 0.0880. The molecule has 0 aliphatic rings. The van der Waals surface area contributed by atoms with Crippen LogP contribution in [-0.2, 0) is 9.47 Å². The highest BCUT2D eigenvalue weighted by molar-refractivity contribution is 7.80. The van der Waals surface area contributed by atoms with Gasteiger partial charge in [0, 0.05) is 13.7 Å². The average molecular weight is 242 g/mol. The highest BCUT2D eigenvalue weighted by atomic mass is 32.1. The first-order valence-electron chi connectivity index (χ1n) is 3.73. The van der Waals surface area contributed by atoms with Crippen LogP contribution in [0.15, 0.2) is 0 Å². The quantitative estimate of drug-likeness (QED) is 0.614. The van der Waals surface area contributed by atoms with Crippen LogP contribution in [0.4, 0.5) is 0 Å². The van der Waals surface area contributed by atoms with Gasteiger partial charge in [-0.15, -0.1) is 0 Å². The van der Waals surface area contributed by atoms with Crippen molar-refractivity contribution >= 4 is 34.8 Å². The van der Waals surface area contributed by atoms with Crippen LogP contribution in [0.3, 0.4) is 0 Å². The summed E-state index contributed by atoms with van der Waals surface area (Å²) in [6, 6.07) is 0. The summed E-state index contributed by atoms with van der Waals surface area (Å²) in [7, 11) is 3.14. The molecule has 0 aromatic heterocycles. The third-order valence-corrected chi connectivity index (χ3v) is 0.776. The molecule has 0 radical (unpaired) electrons. The number of nitrogens with two attached hydrogens (primary N) is 2. The van der Waals surface area contributed by atoms with Gasteiger partial charge in [0.25, 0.3) is 10.3 Å². The summed E-state index contributed by atoms with van der Waals surface area (Å²) in [5.41, 5.74) is 9.20. The Morgan fingerprint density at radius 3 is 1.57 bits per heavy atom. The maximum absolute atomic E-state index is 7.56. The van der Waals surface area contributed by atoms with Gasteiger partial charge in [-0.25, -0.2) is 0 Å². The lowest BCUT2D eigenvalue weighted by Crippen LogP contribution is -2.08. The Bertz CT molecular complexity index is 139. The van der Waals surface area contributed by atoms with E-state index in [1.54, 1.807) is 7.11 Å². The molecule has 0 unspecified atom stereocenters. The zero-order valence-electron chi connectivity index (χ0n) is 8.65. The molecule has 0 saturated carbocycles. The summed E-state index contributed by atoms with van der Waals surface area (Å²) < 4.78 is 8.95. The predicted octanol–water partition coefficient (Wildman–Crippen LogP) is 0.707. The normalized spacial score (nSPS) is 7.07. The Morgan fingerprint density at radius 1 is 1.29 bits per heavy atom. The molecule has 5 N–H and O–H groups in total. The molecule has 0 heterocycles. The summed E-state index contributed by atoms with van der Waals surface area (Å²) in [6.45, 7) is 2.98. The van der Waals surface area contributed by atoms with E-state index in [0.717, 1.165) is 13.0 Å². The van der Waals surface area contributed by atoms with Crippen LogP contribution in [0.25, 0.3) is 0 Å². The first-order valence-corrected chi connectivity index (χ1v) is 4.54. The van der Waals surface area contributed by atoms with Crippen LogP contribution in [0.2, 0.25) is 0 Å². The lowest BCUT2D eigenvalue weighted by atomic mass is 10.5. The summed E-state index contributed by atoms with van der Waals surface area (Å²) in [5.74, 6) is 0. The van der Waals surface area contributed by atoms with Gasteiger partial charge in [0.05, 0.1) is 7.11 Å². The monoisotopic (exact) mass is 242 g/mol. The summed E-state index contributed by atoms with van der Waals surface area (Å²) in [5, 5.41) is 7.15. The zero-order valence-corrected chi connectivity index (χ0v) is 10.3. The van der Waals surface area contributed by atoms with Crippen molar-refractivity contribution in [3.05, 3.63) is 0 Å². The van der Waals surface area contributed by atoms with Crippen LogP contribution < -0.4 is 11.5 Å². The van der Waals surface area contributed by atoms with Gasteiger partial charge in [-0.2, -0.15) is 0 Å². The Balaban J connectivity index is -0.000000131. The summed E-state index contributed by atoms with van der Waals surface area (Å²) in [4.78, 5) is 0. The number of rotatable bonds is 2. The number of aliphatic hydroxyl groups is 1. The lowest BCUT2D eigenvalue weighted by molar-refractivity contribution is 0.199. The molecule has 0 aromatic carbocycles. The van der Waals surface area contributed by atoms with Crippen LogP contribution in [0, 0.1) is 0 Å². The van der Waals surface area contributed by atoms with Gasteiger partial charge in [0.2, 0.25) is 0 Å². The van der Waals surface area contributed by atoms with Crippen molar-refractivity contribution in [3.63, 3.8) is 0 Å². The molecule has 0 bridgehead atoms. The van der Waals surface area contributed by atoms with Crippen molar-refractivity contribution in [1.82, 2.24) is 0 Å². The van der Waals surface area contributed by atoms with Gasteiger partial charge in [-0.1, -0.05) is 6.92 Å². The highest BCUT2D eigenvalue weighted by Gasteiger charge is 1.69. The molecule has 0 rings (SSSR count). The second-order valence-electron chi connectivity index (χ2n) is 1.85. The number of ether oxygens (including phenoxy) is 2. The van der Waals surface area contributed by atoms with Crippen molar-refractivity contribution in [2.24, 2.45) is 11.5 Å². The largest absolute Gasteiger partial charge is 0.487 e. The molecule has 86 valence electrons. The first-order chi connectivity index (χ1) is 6.42. The number of methoxy groups -OCH3 is 2. The van der Waals surface area contributed by atoms with Gasteiger partial charge in [-0.3, -0.25) is 0 Å². The second kappa shape index (κ2) is 18.2. The van der Waals surface area contributed by atoms with E-state index < -0.39 is 5.17 Å². The van der Waals surface area contributed by atoms with Gasteiger partial charge in [-0.05, 0) is 30.9 Å². The van der Waals surface area contributed by atoms with Gasteiger partial charge in [0.15, 0.2) is 0 Å². The Hall–Kier alpha value is -0.660. The second-order valence-corrected chi connectivity index (χ2v) is 2.67. The topological polar surface area (TPSA) is 90.7 Å². The van der Waals surface area contributed by atoms with E-state index in [-0.39, 0.29) is 5.17 Å². The highest BCUT2D eigenvalue weighted by Crippen LogP contribution is 1.70. The molecule has 0 aliphatic heterocycles. The van der Waals surface area contributed by atoms with Crippen LogP contribution in [0.1, 0.15) is 13.3 Å². The fourth-order valence-corrected chi connectivity index (χ4v) is 0.204. The Morgan fingerprint density at radius 2 is 1.57 bits per heavy atom. The third-order valence-electron chi connectivity index (χ3n) is 0.609. The molecule has 0 aliphatic carbocycles. The van der Waals surface area contributed by atoms with E-state index in [9.17, 15) is 0 Å². The standard InChI is InChI=1S/C4H10O.C2H5NOS.CH3NOS/c1-3-4-5-2;1-4-2(3)5;2-1(3)4/h3-4H2,1-2H3;1H3,(H2,3,5);(H3,2,3,4). The molecule has 0 spiro atoms. The molecule has 0 saturated heterocycles. The van der Waals surface area contributed by atoms with Crippen LogP contribution in [0.5, 0.6) is 0 Å². The molecule has 0 aromatic rings. The predicted molar refractivity (Wildman–Crippen MR) is 65.4 cm³/mol. The summed E-state index contributed by atoms with van der Waals surface area (Å²) >= 11 is 8.12. The van der Waals surface area contributed by atoms with Gasteiger partial charge < -0.3 is 26.0 Å². The summed E-state index contributed by atoms with van der Waals surface area (Å²) in [6.07, 6.45) is 1.12. The fraction of sp³-hybridized carbons (Fsp3) is 0.714. The Labute approximate surface area is 95.4 Å². The van der Waals surface area contributed by atoms with Crippen molar-refractivity contribution < 1.29 is 14.6 Å².